The number of H-pyrrole nitrogens is 1. The van der Waals surface area contributed by atoms with Crippen LogP contribution in [-0.4, -0.2) is 10.8 Å². The number of benzene rings is 2. The number of halogens is 2. The lowest BCUT2D eigenvalue weighted by Gasteiger charge is -2.04. The predicted molar refractivity (Wildman–Crippen MR) is 88.8 cm³/mol. The normalized spacial score (nSPS) is 10.6. The lowest BCUT2D eigenvalue weighted by Crippen LogP contribution is -2.01. The second-order valence-corrected chi connectivity index (χ2v) is 5.98. The van der Waals surface area contributed by atoms with Crippen molar-refractivity contribution in [2.75, 3.05) is 0 Å². The van der Waals surface area contributed by atoms with E-state index in [0.29, 0.717) is 16.1 Å². The van der Waals surface area contributed by atoms with Crippen LogP contribution in [-0.2, 0) is 0 Å². The molecule has 3 aromatic rings. The SMILES string of the molecule is O=C(c1ccc(Cl)cc1)c1c[nH]cc1-c1ccc(Br)cc1. The molecule has 0 aliphatic heterocycles. The predicted octanol–water partition coefficient (Wildman–Crippen LogP) is 5.33. The zero-order valence-electron chi connectivity index (χ0n) is 10.9. The molecule has 21 heavy (non-hydrogen) atoms. The van der Waals surface area contributed by atoms with Crippen molar-refractivity contribution in [1.82, 2.24) is 4.98 Å². The average molecular weight is 361 g/mol. The monoisotopic (exact) mass is 359 g/mol. The summed E-state index contributed by atoms with van der Waals surface area (Å²) in [6.07, 6.45) is 3.57. The molecule has 0 aliphatic rings. The minimum absolute atomic E-state index is 0.0224. The standard InChI is InChI=1S/C17H11BrClNO/c18-13-5-1-11(2-6-13)15-9-20-10-16(15)17(21)12-3-7-14(19)8-4-12/h1-10,20H. The molecule has 2 nitrogen and oxygen atoms in total. The summed E-state index contributed by atoms with van der Waals surface area (Å²) in [6.45, 7) is 0. The Hall–Kier alpha value is -1.84. The highest BCUT2D eigenvalue weighted by Gasteiger charge is 2.15. The van der Waals surface area contributed by atoms with Crippen LogP contribution in [0.3, 0.4) is 0 Å². The molecule has 0 aliphatic carbocycles. The Morgan fingerprint density at radius 3 is 2.29 bits per heavy atom. The summed E-state index contributed by atoms with van der Waals surface area (Å²) in [5.41, 5.74) is 3.16. The fraction of sp³-hybridized carbons (Fsp3) is 0. The zero-order chi connectivity index (χ0) is 14.8. The molecule has 1 aromatic heterocycles. The maximum Gasteiger partial charge on any atom is 0.195 e. The van der Waals surface area contributed by atoms with Crippen LogP contribution in [0.2, 0.25) is 5.02 Å². The maximum atomic E-state index is 12.6. The van der Waals surface area contributed by atoms with Gasteiger partial charge in [0.25, 0.3) is 0 Å². The number of carbonyl (C=O) groups excluding carboxylic acids is 1. The third-order valence-corrected chi connectivity index (χ3v) is 4.03. The summed E-state index contributed by atoms with van der Waals surface area (Å²) in [4.78, 5) is 15.6. The molecule has 0 amide bonds. The van der Waals surface area contributed by atoms with Crippen molar-refractivity contribution in [3.05, 3.63) is 81.5 Å². The number of ketones is 1. The van der Waals surface area contributed by atoms with E-state index in [1.807, 2.05) is 30.5 Å². The van der Waals surface area contributed by atoms with Gasteiger partial charge in [-0.05, 0) is 42.0 Å². The van der Waals surface area contributed by atoms with E-state index in [1.54, 1.807) is 30.5 Å². The van der Waals surface area contributed by atoms with Crippen molar-refractivity contribution >= 4 is 33.3 Å². The van der Waals surface area contributed by atoms with Gasteiger partial charge in [-0.1, -0.05) is 39.7 Å². The Labute approximate surface area is 135 Å². The molecule has 0 bridgehead atoms. The molecule has 104 valence electrons. The van der Waals surface area contributed by atoms with E-state index in [0.717, 1.165) is 15.6 Å². The molecule has 4 heteroatoms. The molecule has 0 saturated carbocycles. The van der Waals surface area contributed by atoms with E-state index in [2.05, 4.69) is 20.9 Å². The third-order valence-electron chi connectivity index (χ3n) is 3.25. The van der Waals surface area contributed by atoms with E-state index >= 15 is 0 Å². The topological polar surface area (TPSA) is 32.9 Å². The van der Waals surface area contributed by atoms with Gasteiger partial charge in [-0.15, -0.1) is 0 Å². The number of carbonyl (C=O) groups is 1. The van der Waals surface area contributed by atoms with Crippen molar-refractivity contribution in [2.24, 2.45) is 0 Å². The molecule has 0 unspecified atom stereocenters. The highest BCUT2D eigenvalue weighted by molar-refractivity contribution is 9.10. The summed E-state index contributed by atoms with van der Waals surface area (Å²) in [6, 6.07) is 14.8. The molecule has 1 heterocycles. The van der Waals surface area contributed by atoms with Gasteiger partial charge in [0.1, 0.15) is 0 Å². The summed E-state index contributed by atoms with van der Waals surface area (Å²) < 4.78 is 1.01. The van der Waals surface area contributed by atoms with E-state index < -0.39 is 0 Å². The van der Waals surface area contributed by atoms with Gasteiger partial charge in [0.2, 0.25) is 0 Å². The lowest BCUT2D eigenvalue weighted by atomic mass is 9.98. The van der Waals surface area contributed by atoms with Crippen molar-refractivity contribution in [3.63, 3.8) is 0 Å². The molecule has 1 N–H and O–H groups in total. The van der Waals surface area contributed by atoms with Gasteiger partial charge in [0, 0.05) is 38.6 Å². The summed E-state index contributed by atoms with van der Waals surface area (Å²) >= 11 is 9.27. The largest absolute Gasteiger partial charge is 0.366 e. The van der Waals surface area contributed by atoms with Crippen LogP contribution < -0.4 is 0 Å². The molecule has 0 spiro atoms. The Bertz CT molecular complexity index is 775. The fourth-order valence-corrected chi connectivity index (χ4v) is 2.57. The minimum atomic E-state index is -0.0224. The second-order valence-electron chi connectivity index (χ2n) is 4.63. The minimum Gasteiger partial charge on any atom is -0.366 e. The summed E-state index contributed by atoms with van der Waals surface area (Å²) in [5, 5.41) is 0.619. The molecule has 2 aromatic carbocycles. The molecular weight excluding hydrogens is 350 g/mol. The van der Waals surface area contributed by atoms with Gasteiger partial charge in [0.15, 0.2) is 5.78 Å². The Morgan fingerprint density at radius 1 is 0.952 bits per heavy atom. The summed E-state index contributed by atoms with van der Waals surface area (Å²) in [7, 11) is 0. The van der Waals surface area contributed by atoms with Gasteiger partial charge in [0.05, 0.1) is 0 Å². The van der Waals surface area contributed by atoms with Crippen LogP contribution in [0.1, 0.15) is 15.9 Å². The fourth-order valence-electron chi connectivity index (χ4n) is 2.18. The van der Waals surface area contributed by atoms with E-state index in [-0.39, 0.29) is 5.78 Å². The van der Waals surface area contributed by atoms with Crippen molar-refractivity contribution in [1.29, 1.82) is 0 Å². The van der Waals surface area contributed by atoms with Crippen LogP contribution in [0.15, 0.2) is 65.4 Å². The first kappa shape index (κ1) is 14.1. The first-order valence-electron chi connectivity index (χ1n) is 6.38. The Balaban J connectivity index is 2.00. The lowest BCUT2D eigenvalue weighted by molar-refractivity contribution is 0.103. The van der Waals surface area contributed by atoms with Crippen molar-refractivity contribution in [2.45, 2.75) is 0 Å². The molecule has 0 atom stereocenters. The van der Waals surface area contributed by atoms with E-state index in [9.17, 15) is 4.79 Å². The smallest absolute Gasteiger partial charge is 0.195 e. The highest BCUT2D eigenvalue weighted by Crippen LogP contribution is 2.27. The highest BCUT2D eigenvalue weighted by atomic mass is 79.9. The number of hydrogen-bond acceptors (Lipinski definition) is 1. The molecule has 3 rings (SSSR count). The van der Waals surface area contributed by atoms with Gasteiger partial charge >= 0.3 is 0 Å². The Morgan fingerprint density at radius 2 is 1.62 bits per heavy atom. The Kier molecular flexibility index (Phi) is 3.95. The van der Waals surface area contributed by atoms with Gasteiger partial charge < -0.3 is 4.98 Å². The van der Waals surface area contributed by atoms with Crippen molar-refractivity contribution < 1.29 is 4.79 Å². The molecular formula is C17H11BrClNO. The summed E-state index contributed by atoms with van der Waals surface area (Å²) in [5.74, 6) is -0.0224. The molecule has 0 radical (unpaired) electrons. The number of aromatic amines is 1. The second kappa shape index (κ2) is 5.88. The van der Waals surface area contributed by atoms with Gasteiger partial charge in [-0.2, -0.15) is 0 Å². The van der Waals surface area contributed by atoms with Crippen LogP contribution in [0.25, 0.3) is 11.1 Å². The first-order chi connectivity index (χ1) is 10.1. The quantitative estimate of drug-likeness (QED) is 0.629. The number of nitrogens with one attached hydrogen (secondary N) is 1. The van der Waals surface area contributed by atoms with Crippen molar-refractivity contribution in [3.8, 4) is 11.1 Å². The maximum absolute atomic E-state index is 12.6. The molecule has 0 saturated heterocycles. The molecule has 0 fully saturated rings. The van der Waals surface area contributed by atoms with Crippen LogP contribution in [0.5, 0.6) is 0 Å². The zero-order valence-corrected chi connectivity index (χ0v) is 13.3. The van der Waals surface area contributed by atoms with Gasteiger partial charge in [-0.25, -0.2) is 0 Å². The number of rotatable bonds is 3. The van der Waals surface area contributed by atoms with Crippen LogP contribution in [0, 0.1) is 0 Å². The first-order valence-corrected chi connectivity index (χ1v) is 7.55. The number of aromatic nitrogens is 1. The van der Waals surface area contributed by atoms with Gasteiger partial charge in [-0.3, -0.25) is 4.79 Å². The van der Waals surface area contributed by atoms with Crippen LogP contribution >= 0.6 is 27.5 Å². The van der Waals surface area contributed by atoms with E-state index in [4.69, 9.17) is 11.6 Å². The average Bonchev–Trinajstić information content (AvgIpc) is 2.97. The van der Waals surface area contributed by atoms with Crippen LogP contribution in [0.4, 0.5) is 0 Å². The number of hydrogen-bond donors (Lipinski definition) is 1. The van der Waals surface area contributed by atoms with E-state index in [1.165, 1.54) is 0 Å². The third kappa shape index (κ3) is 2.94.